The molecular formula is C20H19BrN2O3. The van der Waals surface area contributed by atoms with Gasteiger partial charge >= 0.3 is 0 Å². The summed E-state index contributed by atoms with van der Waals surface area (Å²) in [5.41, 5.74) is 3.25. The van der Waals surface area contributed by atoms with Crippen molar-refractivity contribution in [2.75, 3.05) is 23.9 Å². The van der Waals surface area contributed by atoms with E-state index >= 15 is 0 Å². The Morgan fingerprint density at radius 1 is 1.19 bits per heavy atom. The van der Waals surface area contributed by atoms with Gasteiger partial charge in [-0.25, -0.2) is 0 Å². The number of carbonyl (C=O) groups is 2. The maximum atomic E-state index is 12.7. The van der Waals surface area contributed by atoms with Gasteiger partial charge in [0.25, 0.3) is 5.91 Å². The van der Waals surface area contributed by atoms with Crippen molar-refractivity contribution in [2.24, 2.45) is 5.92 Å². The van der Waals surface area contributed by atoms with Crippen molar-refractivity contribution in [3.63, 3.8) is 0 Å². The van der Waals surface area contributed by atoms with E-state index in [1.807, 2.05) is 23.1 Å². The summed E-state index contributed by atoms with van der Waals surface area (Å²) >= 11 is 3.41. The molecule has 2 aliphatic rings. The molecule has 5 nitrogen and oxygen atoms in total. The summed E-state index contributed by atoms with van der Waals surface area (Å²) in [7, 11) is 1.57. The quantitative estimate of drug-likeness (QED) is 0.821. The molecule has 1 fully saturated rings. The van der Waals surface area contributed by atoms with Gasteiger partial charge in [-0.3, -0.25) is 9.59 Å². The van der Waals surface area contributed by atoms with Gasteiger partial charge in [0.15, 0.2) is 0 Å². The molecular weight excluding hydrogens is 396 g/mol. The highest BCUT2D eigenvalue weighted by Gasteiger charge is 2.36. The molecule has 0 atom stereocenters. The number of ether oxygens (including phenoxy) is 1. The van der Waals surface area contributed by atoms with Gasteiger partial charge in [-0.1, -0.05) is 6.07 Å². The number of amides is 2. The van der Waals surface area contributed by atoms with Gasteiger partial charge in [-0.05, 0) is 71.1 Å². The van der Waals surface area contributed by atoms with Crippen molar-refractivity contribution < 1.29 is 14.3 Å². The maximum Gasteiger partial charge on any atom is 0.256 e. The maximum absolute atomic E-state index is 12.7. The Bertz CT molecular complexity index is 893. The van der Waals surface area contributed by atoms with E-state index in [9.17, 15) is 9.59 Å². The Labute approximate surface area is 160 Å². The van der Waals surface area contributed by atoms with E-state index in [1.54, 1.807) is 25.3 Å². The molecule has 26 heavy (non-hydrogen) atoms. The number of nitrogens with zero attached hydrogens (tertiary/aromatic N) is 1. The molecule has 1 heterocycles. The molecule has 2 aromatic carbocycles. The van der Waals surface area contributed by atoms with Crippen molar-refractivity contribution in [1.82, 2.24) is 0 Å². The van der Waals surface area contributed by atoms with Crippen LogP contribution in [0.3, 0.4) is 0 Å². The largest absolute Gasteiger partial charge is 0.497 e. The van der Waals surface area contributed by atoms with E-state index in [0.717, 1.165) is 37.1 Å². The Hall–Kier alpha value is -2.34. The Kier molecular flexibility index (Phi) is 4.44. The first-order valence-corrected chi connectivity index (χ1v) is 9.45. The summed E-state index contributed by atoms with van der Waals surface area (Å²) in [6.45, 7) is 0.726. The molecule has 1 aliphatic heterocycles. The number of hydrogen-bond donors (Lipinski definition) is 1. The molecule has 0 radical (unpaired) electrons. The first-order valence-electron chi connectivity index (χ1n) is 8.66. The van der Waals surface area contributed by atoms with Gasteiger partial charge in [-0.2, -0.15) is 0 Å². The van der Waals surface area contributed by atoms with E-state index in [0.29, 0.717) is 21.5 Å². The zero-order chi connectivity index (χ0) is 18.3. The number of methoxy groups -OCH3 is 1. The van der Waals surface area contributed by atoms with Crippen molar-refractivity contribution >= 4 is 39.1 Å². The summed E-state index contributed by atoms with van der Waals surface area (Å²) < 4.78 is 5.89. The molecule has 6 heteroatoms. The first-order chi connectivity index (χ1) is 12.6. The van der Waals surface area contributed by atoms with E-state index in [-0.39, 0.29) is 17.7 Å². The third-order valence-electron chi connectivity index (χ3n) is 4.85. The van der Waals surface area contributed by atoms with Gasteiger partial charge in [0.2, 0.25) is 5.91 Å². The lowest BCUT2D eigenvalue weighted by Crippen LogP contribution is -2.30. The van der Waals surface area contributed by atoms with Crippen molar-refractivity contribution in [3.8, 4) is 5.75 Å². The minimum Gasteiger partial charge on any atom is -0.497 e. The molecule has 0 bridgehead atoms. The Balaban J connectivity index is 1.57. The van der Waals surface area contributed by atoms with Crippen LogP contribution in [0.4, 0.5) is 11.4 Å². The predicted molar refractivity (Wildman–Crippen MR) is 104 cm³/mol. The molecule has 0 aromatic heterocycles. The van der Waals surface area contributed by atoms with Crippen LogP contribution in [-0.4, -0.2) is 25.5 Å². The second kappa shape index (κ2) is 6.76. The average Bonchev–Trinajstić information content (AvgIpc) is 3.41. The lowest BCUT2D eigenvalue weighted by Gasteiger charge is -2.18. The van der Waals surface area contributed by atoms with Crippen molar-refractivity contribution in [1.29, 1.82) is 0 Å². The second-order valence-electron chi connectivity index (χ2n) is 6.66. The molecule has 1 N–H and O–H groups in total. The van der Waals surface area contributed by atoms with Gasteiger partial charge in [0.05, 0.1) is 12.7 Å². The highest BCUT2D eigenvalue weighted by Crippen LogP contribution is 2.37. The van der Waals surface area contributed by atoms with Crippen molar-refractivity contribution in [2.45, 2.75) is 19.3 Å². The third kappa shape index (κ3) is 3.21. The zero-order valence-electron chi connectivity index (χ0n) is 14.4. The fourth-order valence-electron chi connectivity index (χ4n) is 3.24. The lowest BCUT2D eigenvalue weighted by molar-refractivity contribution is -0.119. The second-order valence-corrected chi connectivity index (χ2v) is 7.51. The van der Waals surface area contributed by atoms with Crippen LogP contribution in [-0.2, 0) is 11.2 Å². The Morgan fingerprint density at radius 3 is 2.73 bits per heavy atom. The van der Waals surface area contributed by atoms with Gasteiger partial charge in [0.1, 0.15) is 5.75 Å². The first kappa shape index (κ1) is 17.1. The summed E-state index contributed by atoms with van der Waals surface area (Å²) in [6.07, 6.45) is 2.85. The van der Waals surface area contributed by atoms with Gasteiger partial charge < -0.3 is 15.0 Å². The Morgan fingerprint density at radius 2 is 2.00 bits per heavy atom. The van der Waals surface area contributed by atoms with E-state index in [1.165, 1.54) is 0 Å². The number of benzene rings is 2. The fourth-order valence-corrected chi connectivity index (χ4v) is 3.67. The molecule has 0 spiro atoms. The minimum atomic E-state index is -0.228. The molecule has 0 unspecified atom stereocenters. The number of anilines is 2. The van der Waals surface area contributed by atoms with Crippen molar-refractivity contribution in [3.05, 3.63) is 52.0 Å². The monoisotopic (exact) mass is 414 g/mol. The number of hydrogen-bond acceptors (Lipinski definition) is 3. The van der Waals surface area contributed by atoms with Gasteiger partial charge in [-0.15, -0.1) is 0 Å². The number of fused-ring (bicyclic) bond motifs is 1. The normalized spacial score (nSPS) is 15.5. The topological polar surface area (TPSA) is 58.6 Å². The average molecular weight is 415 g/mol. The van der Waals surface area contributed by atoms with Gasteiger partial charge in [0, 0.05) is 28.3 Å². The number of rotatable bonds is 4. The molecule has 2 amide bonds. The van der Waals surface area contributed by atoms with Crippen LogP contribution in [0, 0.1) is 5.92 Å². The zero-order valence-corrected chi connectivity index (χ0v) is 16.0. The minimum absolute atomic E-state index is 0.187. The van der Waals surface area contributed by atoms with Crippen LogP contribution < -0.4 is 15.0 Å². The number of halogens is 1. The van der Waals surface area contributed by atoms with Crippen LogP contribution in [0.25, 0.3) is 0 Å². The number of nitrogens with one attached hydrogen (secondary N) is 1. The number of carbonyl (C=O) groups excluding carboxylic acids is 2. The molecule has 2 aromatic rings. The van der Waals surface area contributed by atoms with Crippen LogP contribution in [0.15, 0.2) is 40.9 Å². The predicted octanol–water partition coefficient (Wildman–Crippen LogP) is 4.01. The molecule has 0 saturated heterocycles. The van der Waals surface area contributed by atoms with Crippen LogP contribution in [0.5, 0.6) is 5.75 Å². The summed E-state index contributed by atoms with van der Waals surface area (Å²) in [4.78, 5) is 27.0. The summed E-state index contributed by atoms with van der Waals surface area (Å²) in [5.74, 6) is 0.789. The standard InChI is InChI=1S/C20H19BrN2O3/c1-26-15-6-7-17(21)16(11-15)19(24)22-14-5-4-12-8-9-23(18(12)10-14)20(25)13-2-3-13/h4-7,10-11,13H,2-3,8-9H2,1H3,(H,22,24). The van der Waals surface area contributed by atoms with Crippen LogP contribution in [0.1, 0.15) is 28.8 Å². The summed E-state index contributed by atoms with van der Waals surface area (Å²) in [5, 5.41) is 2.92. The SMILES string of the molecule is COc1ccc(Br)c(C(=O)Nc2ccc3c(c2)N(C(=O)C2CC2)CC3)c1. The summed E-state index contributed by atoms with van der Waals surface area (Å²) in [6, 6.07) is 11.0. The van der Waals surface area contributed by atoms with E-state index in [4.69, 9.17) is 4.74 Å². The molecule has 134 valence electrons. The molecule has 4 rings (SSSR count). The molecule has 1 saturated carbocycles. The fraction of sp³-hybridized carbons (Fsp3) is 0.300. The van der Waals surface area contributed by atoms with Crippen LogP contribution in [0.2, 0.25) is 0 Å². The third-order valence-corrected chi connectivity index (χ3v) is 5.54. The highest BCUT2D eigenvalue weighted by molar-refractivity contribution is 9.10. The van der Waals surface area contributed by atoms with E-state index in [2.05, 4.69) is 21.2 Å². The smallest absolute Gasteiger partial charge is 0.256 e. The molecule has 1 aliphatic carbocycles. The van der Waals surface area contributed by atoms with E-state index < -0.39 is 0 Å². The lowest BCUT2D eigenvalue weighted by atomic mass is 10.1. The van der Waals surface area contributed by atoms with Crippen LogP contribution >= 0.6 is 15.9 Å². The highest BCUT2D eigenvalue weighted by atomic mass is 79.9.